The number of benzene rings is 1. The van der Waals surface area contributed by atoms with Gasteiger partial charge in [-0.3, -0.25) is 4.79 Å². The SMILES string of the molecule is CCn1cnc(C)c1-c1coc(C(=O)N[C@H](CN)Cc2cccc(F)c2)c1. The number of hydrogen-bond acceptors (Lipinski definition) is 4. The third-order valence-electron chi connectivity index (χ3n) is 4.45. The van der Waals surface area contributed by atoms with Crippen molar-refractivity contribution in [2.45, 2.75) is 32.9 Å². The number of nitrogens with two attached hydrogens (primary N) is 1. The van der Waals surface area contributed by atoms with Gasteiger partial charge in [-0.05, 0) is 44.0 Å². The van der Waals surface area contributed by atoms with Crippen molar-refractivity contribution in [2.75, 3.05) is 6.54 Å². The van der Waals surface area contributed by atoms with Gasteiger partial charge in [-0.2, -0.15) is 0 Å². The summed E-state index contributed by atoms with van der Waals surface area (Å²) < 4.78 is 20.8. The highest BCUT2D eigenvalue weighted by atomic mass is 19.1. The van der Waals surface area contributed by atoms with Crippen LogP contribution in [-0.2, 0) is 13.0 Å². The summed E-state index contributed by atoms with van der Waals surface area (Å²) in [6, 6.07) is 7.63. The molecule has 3 N–H and O–H groups in total. The van der Waals surface area contributed by atoms with E-state index in [0.29, 0.717) is 6.42 Å². The molecule has 0 aliphatic rings. The lowest BCUT2D eigenvalue weighted by molar-refractivity contribution is 0.0910. The van der Waals surface area contributed by atoms with Gasteiger partial charge in [0.05, 0.1) is 17.7 Å². The van der Waals surface area contributed by atoms with Crippen molar-refractivity contribution < 1.29 is 13.6 Å². The standard InChI is InChI=1S/C20H23FN4O2/c1-3-25-12-23-13(2)19(25)15-9-18(27-11-15)20(26)24-17(10-22)8-14-5-4-6-16(21)7-14/h4-7,9,11-12,17H,3,8,10,22H2,1-2H3,(H,24,26)/t17-/m0/s1. The van der Waals surface area contributed by atoms with Crippen molar-refractivity contribution in [3.8, 4) is 11.3 Å². The molecule has 0 saturated carbocycles. The number of nitrogens with one attached hydrogen (secondary N) is 1. The number of carbonyl (C=O) groups is 1. The molecule has 0 saturated heterocycles. The molecule has 0 aliphatic carbocycles. The maximum absolute atomic E-state index is 13.3. The highest BCUT2D eigenvalue weighted by Gasteiger charge is 2.19. The molecule has 142 valence electrons. The molecule has 1 amide bonds. The Morgan fingerprint density at radius 3 is 2.93 bits per heavy atom. The zero-order valence-corrected chi connectivity index (χ0v) is 15.4. The number of amides is 1. The lowest BCUT2D eigenvalue weighted by Gasteiger charge is -2.16. The van der Waals surface area contributed by atoms with Crippen LogP contribution in [0.3, 0.4) is 0 Å². The maximum atomic E-state index is 13.3. The lowest BCUT2D eigenvalue weighted by atomic mass is 10.1. The van der Waals surface area contributed by atoms with E-state index in [2.05, 4.69) is 10.3 Å². The molecular formula is C20H23FN4O2. The minimum absolute atomic E-state index is 0.200. The minimum Gasteiger partial charge on any atom is -0.458 e. The molecule has 0 radical (unpaired) electrons. The van der Waals surface area contributed by atoms with E-state index in [1.807, 2.05) is 18.4 Å². The first-order valence-corrected chi connectivity index (χ1v) is 8.87. The first kappa shape index (κ1) is 18.8. The van der Waals surface area contributed by atoms with E-state index in [0.717, 1.165) is 29.1 Å². The third-order valence-corrected chi connectivity index (χ3v) is 4.45. The molecule has 3 aromatic rings. The number of imidazole rings is 1. The Kier molecular flexibility index (Phi) is 5.71. The highest BCUT2D eigenvalue weighted by molar-refractivity contribution is 5.93. The number of rotatable bonds is 7. The Morgan fingerprint density at radius 1 is 1.41 bits per heavy atom. The molecule has 0 unspecified atom stereocenters. The normalized spacial score (nSPS) is 12.1. The Hall–Kier alpha value is -2.93. The Balaban J connectivity index is 1.72. The van der Waals surface area contributed by atoms with E-state index in [1.165, 1.54) is 12.1 Å². The van der Waals surface area contributed by atoms with Gasteiger partial charge < -0.3 is 20.0 Å². The summed E-state index contributed by atoms with van der Waals surface area (Å²) in [5.41, 5.74) is 9.14. The number of hydrogen-bond donors (Lipinski definition) is 2. The third kappa shape index (κ3) is 4.25. The van der Waals surface area contributed by atoms with E-state index in [4.69, 9.17) is 10.2 Å². The monoisotopic (exact) mass is 370 g/mol. The van der Waals surface area contributed by atoms with Gasteiger partial charge in [0.25, 0.3) is 5.91 Å². The van der Waals surface area contributed by atoms with Crippen LogP contribution >= 0.6 is 0 Å². The molecule has 0 aliphatic heterocycles. The first-order chi connectivity index (χ1) is 13.0. The first-order valence-electron chi connectivity index (χ1n) is 8.87. The largest absolute Gasteiger partial charge is 0.458 e. The topological polar surface area (TPSA) is 86.1 Å². The molecule has 2 aromatic heterocycles. The van der Waals surface area contributed by atoms with E-state index >= 15 is 0 Å². The summed E-state index contributed by atoms with van der Waals surface area (Å²) in [5.74, 6) is -0.465. The molecule has 3 rings (SSSR count). The van der Waals surface area contributed by atoms with Crippen LogP contribution in [0, 0.1) is 12.7 Å². The second-order valence-corrected chi connectivity index (χ2v) is 6.40. The maximum Gasteiger partial charge on any atom is 0.287 e. The fourth-order valence-electron chi connectivity index (χ4n) is 3.08. The van der Waals surface area contributed by atoms with Crippen LogP contribution in [-0.4, -0.2) is 28.0 Å². The van der Waals surface area contributed by atoms with Crippen LogP contribution in [0.15, 0.2) is 47.3 Å². The molecule has 6 nitrogen and oxygen atoms in total. The van der Waals surface area contributed by atoms with Gasteiger partial charge in [0.2, 0.25) is 0 Å². The molecule has 7 heteroatoms. The average Bonchev–Trinajstić information content (AvgIpc) is 3.27. The molecular weight excluding hydrogens is 347 g/mol. The predicted octanol–water partition coefficient (Wildman–Crippen LogP) is 2.91. The van der Waals surface area contributed by atoms with Gasteiger partial charge in [-0.15, -0.1) is 0 Å². The Bertz CT molecular complexity index is 932. The van der Waals surface area contributed by atoms with Crippen molar-refractivity contribution >= 4 is 5.91 Å². The van der Waals surface area contributed by atoms with Gasteiger partial charge in [-0.25, -0.2) is 9.37 Å². The molecule has 0 spiro atoms. The van der Waals surface area contributed by atoms with E-state index in [9.17, 15) is 9.18 Å². The van der Waals surface area contributed by atoms with Crippen molar-refractivity contribution in [3.63, 3.8) is 0 Å². The average molecular weight is 370 g/mol. The molecule has 0 fully saturated rings. The number of halogens is 1. The molecule has 0 bridgehead atoms. The highest BCUT2D eigenvalue weighted by Crippen LogP contribution is 2.25. The molecule has 2 heterocycles. The summed E-state index contributed by atoms with van der Waals surface area (Å²) in [7, 11) is 0. The number of carbonyl (C=O) groups excluding carboxylic acids is 1. The predicted molar refractivity (Wildman–Crippen MR) is 101 cm³/mol. The summed E-state index contributed by atoms with van der Waals surface area (Å²) in [6.07, 6.45) is 3.76. The molecule has 27 heavy (non-hydrogen) atoms. The molecule has 1 atom stereocenters. The number of furan rings is 1. The zero-order chi connectivity index (χ0) is 19.4. The number of nitrogens with zero attached hydrogens (tertiary/aromatic N) is 2. The summed E-state index contributed by atoms with van der Waals surface area (Å²) >= 11 is 0. The summed E-state index contributed by atoms with van der Waals surface area (Å²) in [4.78, 5) is 16.8. The zero-order valence-electron chi connectivity index (χ0n) is 15.4. The van der Waals surface area contributed by atoms with Crippen molar-refractivity contribution in [2.24, 2.45) is 5.73 Å². The smallest absolute Gasteiger partial charge is 0.287 e. The molecule has 1 aromatic carbocycles. The number of aryl methyl sites for hydroxylation is 2. The van der Waals surface area contributed by atoms with E-state index in [1.54, 1.807) is 30.8 Å². The lowest BCUT2D eigenvalue weighted by Crippen LogP contribution is -2.41. The second-order valence-electron chi connectivity index (χ2n) is 6.40. The van der Waals surface area contributed by atoms with Crippen LogP contribution < -0.4 is 11.1 Å². The van der Waals surface area contributed by atoms with Crippen molar-refractivity contribution in [3.05, 3.63) is 65.8 Å². The van der Waals surface area contributed by atoms with Crippen LogP contribution in [0.1, 0.15) is 28.7 Å². The number of aromatic nitrogens is 2. The van der Waals surface area contributed by atoms with E-state index < -0.39 is 0 Å². The summed E-state index contributed by atoms with van der Waals surface area (Å²) in [5, 5.41) is 2.85. The van der Waals surface area contributed by atoms with Gasteiger partial charge in [0.1, 0.15) is 12.1 Å². The fourth-order valence-corrected chi connectivity index (χ4v) is 3.08. The van der Waals surface area contributed by atoms with Crippen LogP contribution in [0.2, 0.25) is 0 Å². The van der Waals surface area contributed by atoms with Gasteiger partial charge >= 0.3 is 0 Å². The minimum atomic E-state index is -0.353. The van der Waals surface area contributed by atoms with Gasteiger partial charge in [-0.1, -0.05) is 12.1 Å². The Morgan fingerprint density at radius 2 is 2.22 bits per heavy atom. The quantitative estimate of drug-likeness (QED) is 0.670. The summed E-state index contributed by atoms with van der Waals surface area (Å²) in [6.45, 7) is 4.94. The Labute approximate surface area is 157 Å². The van der Waals surface area contributed by atoms with Crippen LogP contribution in [0.25, 0.3) is 11.3 Å². The van der Waals surface area contributed by atoms with Crippen molar-refractivity contribution in [1.82, 2.24) is 14.9 Å². The van der Waals surface area contributed by atoms with E-state index in [-0.39, 0.29) is 30.1 Å². The van der Waals surface area contributed by atoms with Crippen LogP contribution in [0.4, 0.5) is 4.39 Å². The second kappa shape index (κ2) is 8.18. The fraction of sp³-hybridized carbons (Fsp3) is 0.300. The van der Waals surface area contributed by atoms with Crippen molar-refractivity contribution in [1.29, 1.82) is 0 Å². The van der Waals surface area contributed by atoms with Gasteiger partial charge in [0, 0.05) is 24.7 Å². The van der Waals surface area contributed by atoms with Crippen LogP contribution in [0.5, 0.6) is 0 Å². The van der Waals surface area contributed by atoms with Gasteiger partial charge in [0.15, 0.2) is 5.76 Å².